The molecule has 1 unspecified atom stereocenters. The molecule has 1 amide bonds. The molecule has 1 aromatic heterocycles. The highest BCUT2D eigenvalue weighted by molar-refractivity contribution is 5.94. The van der Waals surface area contributed by atoms with Crippen molar-refractivity contribution < 1.29 is 13.6 Å². The first kappa shape index (κ1) is 18.8. The average molecular weight is 387 g/mol. The number of benzene rings is 1. The van der Waals surface area contributed by atoms with Crippen molar-refractivity contribution in [2.75, 3.05) is 26.2 Å². The van der Waals surface area contributed by atoms with Gasteiger partial charge in [-0.3, -0.25) is 14.5 Å². The number of pyridine rings is 1. The van der Waals surface area contributed by atoms with E-state index >= 15 is 0 Å². The van der Waals surface area contributed by atoms with Crippen molar-refractivity contribution in [3.63, 3.8) is 0 Å². The first-order valence-corrected chi connectivity index (χ1v) is 9.59. The summed E-state index contributed by atoms with van der Waals surface area (Å²) >= 11 is 0. The number of nitrogens with zero attached hydrogens (tertiary/aromatic N) is 2. The standard InChI is InChI=1S/C21H23F2N3O2/c22-17-4-1-3-16(19(17)23)12-25-9-2-7-21(13-25)8-10-26(14-21)20(28)15-5-6-18(27)24-11-15/h1,3-6,11H,2,7-10,12-14H2,(H,24,27). The third-order valence-electron chi connectivity index (χ3n) is 5.92. The maximum absolute atomic E-state index is 14.0. The van der Waals surface area contributed by atoms with E-state index in [1.54, 1.807) is 12.1 Å². The molecule has 4 rings (SSSR count). The molecule has 2 aliphatic rings. The second kappa shape index (κ2) is 7.47. The van der Waals surface area contributed by atoms with Crippen molar-refractivity contribution in [2.45, 2.75) is 25.8 Å². The van der Waals surface area contributed by atoms with Crippen LogP contribution >= 0.6 is 0 Å². The SMILES string of the molecule is O=C(c1ccc(=O)[nH]c1)N1CCC2(CCCN(Cc3cccc(F)c3F)C2)C1. The zero-order valence-corrected chi connectivity index (χ0v) is 15.6. The number of likely N-dealkylation sites (tertiary alicyclic amines) is 2. The summed E-state index contributed by atoms with van der Waals surface area (Å²) in [7, 11) is 0. The number of hydrogen-bond donors (Lipinski definition) is 1. The summed E-state index contributed by atoms with van der Waals surface area (Å²) in [6.45, 7) is 3.29. The molecule has 2 fully saturated rings. The highest BCUT2D eigenvalue weighted by Crippen LogP contribution is 2.39. The molecule has 0 bridgehead atoms. The summed E-state index contributed by atoms with van der Waals surface area (Å²) in [4.78, 5) is 30.5. The molecular formula is C21H23F2N3O2. The van der Waals surface area contributed by atoms with Crippen molar-refractivity contribution in [2.24, 2.45) is 5.41 Å². The van der Waals surface area contributed by atoms with Crippen LogP contribution in [0.4, 0.5) is 8.78 Å². The zero-order chi connectivity index (χ0) is 19.7. The van der Waals surface area contributed by atoms with Gasteiger partial charge in [-0.25, -0.2) is 8.78 Å². The van der Waals surface area contributed by atoms with Crippen molar-refractivity contribution >= 4 is 5.91 Å². The van der Waals surface area contributed by atoms with Crippen LogP contribution in [0.1, 0.15) is 35.2 Å². The Bertz CT molecular complexity index is 925. The summed E-state index contributed by atoms with van der Waals surface area (Å²) in [5.41, 5.74) is 0.601. The summed E-state index contributed by atoms with van der Waals surface area (Å²) in [6.07, 6.45) is 4.34. The molecule has 2 aliphatic heterocycles. The zero-order valence-electron chi connectivity index (χ0n) is 15.6. The van der Waals surface area contributed by atoms with E-state index in [1.165, 1.54) is 18.3 Å². The fourth-order valence-electron chi connectivity index (χ4n) is 4.52. The van der Waals surface area contributed by atoms with E-state index in [9.17, 15) is 18.4 Å². The lowest BCUT2D eigenvalue weighted by Crippen LogP contribution is -2.45. The van der Waals surface area contributed by atoms with Crippen LogP contribution in [0.15, 0.2) is 41.3 Å². The van der Waals surface area contributed by atoms with Crippen LogP contribution in [0, 0.1) is 17.0 Å². The number of H-pyrrole nitrogens is 1. The van der Waals surface area contributed by atoms with Gasteiger partial charge in [-0.1, -0.05) is 12.1 Å². The number of halogens is 2. The Morgan fingerprint density at radius 1 is 1.11 bits per heavy atom. The van der Waals surface area contributed by atoms with Crippen molar-refractivity contribution in [1.82, 2.24) is 14.8 Å². The molecule has 7 heteroatoms. The van der Waals surface area contributed by atoms with Crippen LogP contribution in [0.25, 0.3) is 0 Å². The molecule has 0 radical (unpaired) electrons. The van der Waals surface area contributed by atoms with Crippen LogP contribution in [0.5, 0.6) is 0 Å². The van der Waals surface area contributed by atoms with Crippen LogP contribution < -0.4 is 5.56 Å². The highest BCUT2D eigenvalue weighted by Gasteiger charge is 2.43. The Hall–Kier alpha value is -2.54. The molecule has 1 atom stereocenters. The van der Waals surface area contributed by atoms with E-state index in [0.717, 1.165) is 38.4 Å². The van der Waals surface area contributed by atoms with Crippen molar-refractivity contribution in [3.05, 3.63) is 69.6 Å². The van der Waals surface area contributed by atoms with Crippen molar-refractivity contribution in [3.8, 4) is 0 Å². The number of rotatable bonds is 3. The lowest BCUT2D eigenvalue weighted by molar-refractivity contribution is 0.0672. The lowest BCUT2D eigenvalue weighted by atomic mass is 9.79. The van der Waals surface area contributed by atoms with Gasteiger partial charge in [0.05, 0.1) is 5.56 Å². The van der Waals surface area contributed by atoms with Crippen LogP contribution in [-0.4, -0.2) is 46.9 Å². The second-order valence-corrected chi connectivity index (χ2v) is 7.95. The average Bonchev–Trinajstić information content (AvgIpc) is 3.09. The number of amides is 1. The fraction of sp³-hybridized carbons (Fsp3) is 0.429. The van der Waals surface area contributed by atoms with Gasteiger partial charge in [0, 0.05) is 49.4 Å². The molecule has 5 nitrogen and oxygen atoms in total. The normalized spacial score (nSPS) is 22.7. The monoisotopic (exact) mass is 387 g/mol. The number of piperidine rings is 1. The largest absolute Gasteiger partial charge is 0.338 e. The maximum Gasteiger partial charge on any atom is 0.255 e. The van der Waals surface area contributed by atoms with Gasteiger partial charge in [0.25, 0.3) is 5.91 Å². The molecule has 148 valence electrons. The number of hydrogen-bond acceptors (Lipinski definition) is 3. The van der Waals surface area contributed by atoms with Crippen LogP contribution in [0.2, 0.25) is 0 Å². The first-order valence-electron chi connectivity index (χ1n) is 9.59. The van der Waals surface area contributed by atoms with E-state index in [0.29, 0.717) is 30.8 Å². The summed E-state index contributed by atoms with van der Waals surface area (Å²) in [6, 6.07) is 7.20. The molecule has 2 aromatic rings. The Balaban J connectivity index is 1.44. The van der Waals surface area contributed by atoms with Gasteiger partial charge in [0.2, 0.25) is 5.56 Å². The summed E-state index contributed by atoms with van der Waals surface area (Å²) in [5, 5.41) is 0. The van der Waals surface area contributed by atoms with E-state index in [-0.39, 0.29) is 16.9 Å². The number of aromatic amines is 1. The minimum Gasteiger partial charge on any atom is -0.338 e. The van der Waals surface area contributed by atoms with Gasteiger partial charge in [-0.2, -0.15) is 0 Å². The number of carbonyl (C=O) groups is 1. The Morgan fingerprint density at radius 3 is 2.75 bits per heavy atom. The van der Waals surface area contributed by atoms with E-state index in [2.05, 4.69) is 9.88 Å². The molecule has 2 saturated heterocycles. The minimum atomic E-state index is -0.817. The van der Waals surface area contributed by atoms with Gasteiger partial charge in [-0.05, 0) is 37.9 Å². The molecule has 0 saturated carbocycles. The van der Waals surface area contributed by atoms with E-state index in [4.69, 9.17) is 0 Å². The number of aromatic nitrogens is 1. The van der Waals surface area contributed by atoms with E-state index < -0.39 is 11.6 Å². The predicted octanol–water partition coefficient (Wildman–Crippen LogP) is 2.78. The highest BCUT2D eigenvalue weighted by atomic mass is 19.2. The summed E-state index contributed by atoms with van der Waals surface area (Å²) in [5.74, 6) is -1.67. The first-order chi connectivity index (χ1) is 13.5. The summed E-state index contributed by atoms with van der Waals surface area (Å²) < 4.78 is 27.5. The third-order valence-corrected chi connectivity index (χ3v) is 5.92. The maximum atomic E-state index is 14.0. The number of nitrogens with one attached hydrogen (secondary N) is 1. The minimum absolute atomic E-state index is 0.0140. The molecule has 0 aliphatic carbocycles. The van der Waals surface area contributed by atoms with Gasteiger partial charge in [0.15, 0.2) is 11.6 Å². The predicted molar refractivity (Wildman–Crippen MR) is 101 cm³/mol. The second-order valence-electron chi connectivity index (χ2n) is 7.95. The third kappa shape index (κ3) is 3.71. The molecule has 1 aromatic carbocycles. The Labute approximate surface area is 162 Å². The fourth-order valence-corrected chi connectivity index (χ4v) is 4.52. The van der Waals surface area contributed by atoms with Gasteiger partial charge in [-0.15, -0.1) is 0 Å². The molecule has 3 heterocycles. The lowest BCUT2D eigenvalue weighted by Gasteiger charge is -2.40. The van der Waals surface area contributed by atoms with Crippen LogP contribution in [0.3, 0.4) is 0 Å². The quantitative estimate of drug-likeness (QED) is 0.881. The van der Waals surface area contributed by atoms with Crippen LogP contribution in [-0.2, 0) is 6.54 Å². The molecule has 28 heavy (non-hydrogen) atoms. The van der Waals surface area contributed by atoms with Gasteiger partial charge >= 0.3 is 0 Å². The van der Waals surface area contributed by atoms with Gasteiger partial charge in [0.1, 0.15) is 0 Å². The molecule has 1 spiro atoms. The van der Waals surface area contributed by atoms with Crippen molar-refractivity contribution in [1.29, 1.82) is 0 Å². The van der Waals surface area contributed by atoms with E-state index in [1.807, 2.05) is 4.90 Å². The smallest absolute Gasteiger partial charge is 0.255 e. The topological polar surface area (TPSA) is 56.4 Å². The molecular weight excluding hydrogens is 364 g/mol. The number of carbonyl (C=O) groups excluding carboxylic acids is 1. The Kier molecular flexibility index (Phi) is 5.02. The van der Waals surface area contributed by atoms with Gasteiger partial charge < -0.3 is 9.88 Å². The molecule has 1 N–H and O–H groups in total. The Morgan fingerprint density at radius 2 is 1.96 bits per heavy atom.